The van der Waals surface area contributed by atoms with Crippen LogP contribution in [-0.2, 0) is 13.0 Å². The minimum absolute atomic E-state index is 0.524. The van der Waals surface area contributed by atoms with Crippen molar-refractivity contribution in [2.75, 3.05) is 0 Å². The maximum Gasteiger partial charge on any atom is 0.160 e. The maximum atomic E-state index is 9.48. The highest BCUT2D eigenvalue weighted by atomic mass is 79.9. The monoisotopic (exact) mass is 470 g/mol. The Morgan fingerprint density at radius 3 is 2.32 bits per heavy atom. The maximum absolute atomic E-state index is 9.48. The van der Waals surface area contributed by atoms with Crippen molar-refractivity contribution < 1.29 is 0 Å². The number of nitriles is 1. The van der Waals surface area contributed by atoms with Crippen LogP contribution in [0.3, 0.4) is 0 Å². The third-order valence-corrected chi connectivity index (χ3v) is 5.95. The van der Waals surface area contributed by atoms with E-state index in [2.05, 4.69) is 70.7 Å². The Morgan fingerprint density at radius 2 is 1.68 bits per heavy atom. The molecule has 2 aromatic carbocycles. The van der Waals surface area contributed by atoms with Crippen molar-refractivity contribution in [3.63, 3.8) is 0 Å². The number of rotatable bonds is 5. The molecule has 2 heterocycles. The molecule has 4 aromatic rings. The molecular weight excluding hydrogens is 448 g/mol. The Kier molecular flexibility index (Phi) is 6.01. The van der Waals surface area contributed by atoms with E-state index in [0.717, 1.165) is 51.4 Å². The van der Waals surface area contributed by atoms with Crippen LogP contribution < -0.4 is 0 Å². The van der Waals surface area contributed by atoms with Crippen molar-refractivity contribution in [3.05, 3.63) is 98.9 Å². The summed E-state index contributed by atoms with van der Waals surface area (Å²) in [6.45, 7) is 6.95. The molecule has 2 aromatic heterocycles. The second-order valence-corrected chi connectivity index (χ2v) is 8.38. The largest absolute Gasteiger partial charge is 0.308 e. The van der Waals surface area contributed by atoms with Gasteiger partial charge < -0.3 is 4.57 Å². The zero-order chi connectivity index (χ0) is 22.0. The van der Waals surface area contributed by atoms with E-state index in [0.29, 0.717) is 11.0 Å². The number of aryl methyl sites for hydroxylation is 3. The lowest BCUT2D eigenvalue weighted by Gasteiger charge is -2.12. The first kappa shape index (κ1) is 21.0. The fourth-order valence-electron chi connectivity index (χ4n) is 3.92. The SMILES string of the molecule is CCc1nc2c(C)cc(C)nc2n1Cc1ccc(C(=C(Br)C#N)c2ccccc2)cc1. The topological polar surface area (TPSA) is 54.5 Å². The normalized spacial score (nSPS) is 12.0. The summed E-state index contributed by atoms with van der Waals surface area (Å²) in [7, 11) is 0. The summed E-state index contributed by atoms with van der Waals surface area (Å²) in [6, 6.07) is 22.7. The molecule has 0 radical (unpaired) electrons. The summed E-state index contributed by atoms with van der Waals surface area (Å²) in [5, 5.41) is 9.48. The van der Waals surface area contributed by atoms with E-state index in [9.17, 15) is 5.26 Å². The molecule has 0 aliphatic carbocycles. The highest BCUT2D eigenvalue weighted by molar-refractivity contribution is 9.12. The number of hydrogen-bond acceptors (Lipinski definition) is 3. The van der Waals surface area contributed by atoms with Crippen LogP contribution in [0.5, 0.6) is 0 Å². The second-order valence-electron chi connectivity index (χ2n) is 7.58. The first-order valence-corrected chi connectivity index (χ1v) is 11.1. The first-order chi connectivity index (χ1) is 15.0. The third kappa shape index (κ3) is 4.17. The lowest BCUT2D eigenvalue weighted by molar-refractivity contribution is 0.745. The average Bonchev–Trinajstić information content (AvgIpc) is 3.13. The van der Waals surface area contributed by atoms with Crippen LogP contribution in [0, 0.1) is 25.2 Å². The number of allylic oxidation sites excluding steroid dienone is 1. The summed E-state index contributed by atoms with van der Waals surface area (Å²) in [5.41, 5.74) is 8.14. The van der Waals surface area contributed by atoms with Gasteiger partial charge in [-0.15, -0.1) is 0 Å². The van der Waals surface area contributed by atoms with Crippen LogP contribution in [0.15, 0.2) is 65.1 Å². The quantitative estimate of drug-likeness (QED) is 0.320. The Balaban J connectivity index is 1.72. The molecule has 5 heteroatoms. The van der Waals surface area contributed by atoms with Gasteiger partial charge in [-0.25, -0.2) is 9.97 Å². The molecule has 0 saturated carbocycles. The van der Waals surface area contributed by atoms with E-state index in [1.165, 1.54) is 5.56 Å². The van der Waals surface area contributed by atoms with E-state index in [-0.39, 0.29) is 0 Å². The van der Waals surface area contributed by atoms with Crippen LogP contribution in [0.4, 0.5) is 0 Å². The van der Waals surface area contributed by atoms with Gasteiger partial charge >= 0.3 is 0 Å². The van der Waals surface area contributed by atoms with Crippen molar-refractivity contribution in [3.8, 4) is 6.07 Å². The highest BCUT2D eigenvalue weighted by Crippen LogP contribution is 2.30. The van der Waals surface area contributed by atoms with Crippen LogP contribution in [0.2, 0.25) is 0 Å². The number of imidazole rings is 1. The molecule has 4 nitrogen and oxygen atoms in total. The Hall–Kier alpha value is -3.23. The zero-order valence-electron chi connectivity index (χ0n) is 17.9. The zero-order valence-corrected chi connectivity index (χ0v) is 19.4. The molecule has 0 atom stereocenters. The van der Waals surface area contributed by atoms with Crippen molar-refractivity contribution in [2.24, 2.45) is 0 Å². The van der Waals surface area contributed by atoms with Crippen LogP contribution >= 0.6 is 15.9 Å². The second kappa shape index (κ2) is 8.87. The van der Waals surface area contributed by atoms with Crippen molar-refractivity contribution in [1.29, 1.82) is 5.26 Å². The molecule has 4 rings (SSSR count). The summed E-state index contributed by atoms with van der Waals surface area (Å²) < 4.78 is 2.74. The molecule has 0 unspecified atom stereocenters. The smallest absolute Gasteiger partial charge is 0.160 e. The minimum atomic E-state index is 0.524. The van der Waals surface area contributed by atoms with Gasteiger partial charge in [0, 0.05) is 17.7 Å². The number of aromatic nitrogens is 3. The number of nitrogens with zero attached hydrogens (tertiary/aromatic N) is 4. The average molecular weight is 471 g/mol. The molecule has 0 saturated heterocycles. The van der Waals surface area contributed by atoms with Crippen molar-refractivity contribution >= 4 is 32.7 Å². The van der Waals surface area contributed by atoms with E-state index >= 15 is 0 Å². The summed E-state index contributed by atoms with van der Waals surface area (Å²) in [4.78, 5) is 9.61. The number of pyridine rings is 1. The van der Waals surface area contributed by atoms with Gasteiger partial charge in [0.2, 0.25) is 0 Å². The van der Waals surface area contributed by atoms with Gasteiger partial charge in [0.25, 0.3) is 0 Å². The fraction of sp³-hybridized carbons (Fsp3) is 0.192. The molecule has 0 bridgehead atoms. The van der Waals surface area contributed by atoms with Crippen molar-refractivity contribution in [2.45, 2.75) is 33.7 Å². The van der Waals surface area contributed by atoms with E-state index in [1.54, 1.807) is 0 Å². The molecule has 0 amide bonds. The number of halogens is 1. The van der Waals surface area contributed by atoms with Gasteiger partial charge in [-0.1, -0.05) is 61.5 Å². The standard InChI is InChI=1S/C26H23BrN4/c1-4-23-30-25-17(2)14-18(3)29-26(25)31(23)16-19-10-12-21(13-11-19)24(22(27)15-28)20-8-6-5-7-9-20/h5-14H,4,16H2,1-3H3. The van der Waals surface area contributed by atoms with Gasteiger partial charge in [0.1, 0.15) is 21.9 Å². The highest BCUT2D eigenvalue weighted by Gasteiger charge is 2.15. The Bertz CT molecular complexity index is 1310. The van der Waals surface area contributed by atoms with Gasteiger partial charge in [-0.3, -0.25) is 0 Å². The summed E-state index contributed by atoms with van der Waals surface area (Å²) in [5.74, 6) is 1.04. The number of hydrogen-bond donors (Lipinski definition) is 0. The molecular formula is C26H23BrN4. The molecule has 0 spiro atoms. The molecule has 0 N–H and O–H groups in total. The van der Waals surface area contributed by atoms with Gasteiger partial charge in [0.05, 0.1) is 6.54 Å². The third-order valence-electron chi connectivity index (χ3n) is 5.38. The molecule has 0 aliphatic rings. The minimum Gasteiger partial charge on any atom is -0.308 e. The van der Waals surface area contributed by atoms with E-state index in [1.807, 2.05) is 37.3 Å². The predicted octanol–water partition coefficient (Wildman–Crippen LogP) is 6.34. The van der Waals surface area contributed by atoms with Crippen LogP contribution in [0.1, 0.15) is 40.7 Å². The Morgan fingerprint density at radius 1 is 1.00 bits per heavy atom. The lowest BCUT2D eigenvalue weighted by Crippen LogP contribution is -2.06. The van der Waals surface area contributed by atoms with Gasteiger partial charge in [0.15, 0.2) is 5.65 Å². The summed E-state index contributed by atoms with van der Waals surface area (Å²) >= 11 is 3.44. The van der Waals surface area contributed by atoms with Gasteiger partial charge in [-0.2, -0.15) is 5.26 Å². The Labute approximate surface area is 191 Å². The van der Waals surface area contributed by atoms with Crippen LogP contribution in [0.25, 0.3) is 16.7 Å². The summed E-state index contributed by atoms with van der Waals surface area (Å²) in [6.07, 6.45) is 0.850. The molecule has 0 aliphatic heterocycles. The number of fused-ring (bicyclic) bond motifs is 1. The van der Waals surface area contributed by atoms with E-state index < -0.39 is 0 Å². The fourth-order valence-corrected chi connectivity index (χ4v) is 4.38. The van der Waals surface area contributed by atoms with Crippen molar-refractivity contribution in [1.82, 2.24) is 14.5 Å². The molecule has 0 fully saturated rings. The van der Waals surface area contributed by atoms with E-state index in [4.69, 9.17) is 9.97 Å². The number of benzene rings is 2. The molecule has 154 valence electrons. The predicted molar refractivity (Wildman–Crippen MR) is 129 cm³/mol. The van der Waals surface area contributed by atoms with Crippen LogP contribution in [-0.4, -0.2) is 14.5 Å². The van der Waals surface area contributed by atoms with Gasteiger partial charge in [-0.05, 0) is 58.1 Å². The molecule has 31 heavy (non-hydrogen) atoms. The first-order valence-electron chi connectivity index (χ1n) is 10.3. The lowest BCUT2D eigenvalue weighted by atomic mass is 9.97.